The Balaban J connectivity index is 2.01. The molecule has 2 aliphatic rings. The molecule has 110 valence electrons. The van der Waals surface area contributed by atoms with Crippen LogP contribution in [-0.2, 0) is 9.84 Å². The van der Waals surface area contributed by atoms with Gasteiger partial charge < -0.3 is 0 Å². The Morgan fingerprint density at radius 3 is 2.45 bits per heavy atom. The molecule has 5 unspecified atom stereocenters. The molecule has 0 amide bonds. The number of rotatable bonds is 1. The molecule has 0 spiro atoms. The minimum Gasteiger partial charge on any atom is -0.227 e. The summed E-state index contributed by atoms with van der Waals surface area (Å²) in [5.41, 5.74) is 2.27. The fraction of sp³-hybridized carbons (Fsp3) is 0.625. The predicted molar refractivity (Wildman–Crippen MR) is 82.8 cm³/mol. The van der Waals surface area contributed by atoms with Gasteiger partial charge in [-0.2, -0.15) is 0 Å². The third kappa shape index (κ3) is 2.19. The highest BCUT2D eigenvalue weighted by atomic mass is 35.5. The van der Waals surface area contributed by atoms with Crippen LogP contribution in [0.25, 0.3) is 0 Å². The van der Waals surface area contributed by atoms with Crippen LogP contribution in [0.2, 0.25) is 0 Å². The number of halogens is 1. The van der Waals surface area contributed by atoms with E-state index in [0.717, 1.165) is 24.8 Å². The highest BCUT2D eigenvalue weighted by Crippen LogP contribution is 2.52. The summed E-state index contributed by atoms with van der Waals surface area (Å²) in [6.07, 6.45) is 2.87. The van der Waals surface area contributed by atoms with Crippen molar-refractivity contribution in [2.75, 3.05) is 0 Å². The number of aryl methyl sites for hydroxylation is 1. The molecule has 20 heavy (non-hydrogen) atoms. The lowest BCUT2D eigenvalue weighted by atomic mass is 9.74. The van der Waals surface area contributed by atoms with Crippen LogP contribution in [0.4, 0.5) is 0 Å². The molecule has 0 N–H and O–H groups in total. The van der Waals surface area contributed by atoms with Gasteiger partial charge >= 0.3 is 0 Å². The van der Waals surface area contributed by atoms with Gasteiger partial charge in [0.25, 0.3) is 0 Å². The van der Waals surface area contributed by atoms with E-state index in [1.54, 1.807) is 0 Å². The van der Waals surface area contributed by atoms with Crippen LogP contribution in [0.15, 0.2) is 24.3 Å². The fourth-order valence-corrected chi connectivity index (χ4v) is 7.11. The zero-order chi connectivity index (χ0) is 14.5. The predicted octanol–water partition coefficient (Wildman–Crippen LogP) is 3.88. The quantitative estimate of drug-likeness (QED) is 0.738. The number of fused-ring (bicyclic) bond motifs is 1. The first-order chi connectivity index (χ1) is 9.41. The number of hydrogen-bond acceptors (Lipinski definition) is 2. The van der Waals surface area contributed by atoms with E-state index in [9.17, 15) is 8.42 Å². The van der Waals surface area contributed by atoms with Gasteiger partial charge in [0.05, 0.1) is 5.25 Å². The van der Waals surface area contributed by atoms with Crippen LogP contribution in [0.3, 0.4) is 0 Å². The highest BCUT2D eigenvalue weighted by Gasteiger charge is 2.55. The van der Waals surface area contributed by atoms with Gasteiger partial charge in [-0.3, -0.25) is 0 Å². The Morgan fingerprint density at radius 2 is 1.80 bits per heavy atom. The number of sulfone groups is 1. The zero-order valence-corrected chi connectivity index (χ0v) is 13.5. The van der Waals surface area contributed by atoms with Gasteiger partial charge in [-0.05, 0) is 37.2 Å². The average Bonchev–Trinajstić information content (AvgIpc) is 2.60. The summed E-state index contributed by atoms with van der Waals surface area (Å²) in [6.45, 7) is 4.19. The van der Waals surface area contributed by atoms with Crippen molar-refractivity contribution in [1.29, 1.82) is 0 Å². The van der Waals surface area contributed by atoms with Crippen LogP contribution >= 0.6 is 11.6 Å². The van der Waals surface area contributed by atoms with E-state index in [1.807, 2.05) is 31.2 Å². The normalized spacial score (nSPS) is 39.5. The maximum atomic E-state index is 12.6. The van der Waals surface area contributed by atoms with Crippen LogP contribution in [0, 0.1) is 18.8 Å². The maximum absolute atomic E-state index is 12.6. The van der Waals surface area contributed by atoms with Gasteiger partial charge in [0.2, 0.25) is 0 Å². The van der Waals surface area contributed by atoms with Crippen molar-refractivity contribution < 1.29 is 8.42 Å². The topological polar surface area (TPSA) is 34.1 Å². The molecule has 2 nitrogen and oxygen atoms in total. The monoisotopic (exact) mass is 312 g/mol. The van der Waals surface area contributed by atoms with Crippen molar-refractivity contribution in [1.82, 2.24) is 0 Å². The first-order valence-electron chi connectivity index (χ1n) is 7.34. The third-order valence-electron chi connectivity index (χ3n) is 5.05. The van der Waals surface area contributed by atoms with E-state index in [1.165, 1.54) is 5.56 Å². The summed E-state index contributed by atoms with van der Waals surface area (Å²) >= 11 is 6.38. The first-order valence-corrected chi connectivity index (χ1v) is 9.39. The molecule has 0 bridgehead atoms. The Morgan fingerprint density at radius 1 is 1.15 bits per heavy atom. The van der Waals surface area contributed by atoms with Crippen LogP contribution < -0.4 is 0 Å². The van der Waals surface area contributed by atoms with Crippen LogP contribution in [0.5, 0.6) is 0 Å². The number of alkyl halides is 1. The Bertz CT molecular complexity index is 593. The fourth-order valence-electron chi connectivity index (χ4n) is 3.89. The van der Waals surface area contributed by atoms with Crippen molar-refractivity contribution >= 4 is 21.4 Å². The van der Waals surface area contributed by atoms with Crippen molar-refractivity contribution in [3.05, 3.63) is 35.4 Å². The molecule has 1 aliphatic heterocycles. The van der Waals surface area contributed by atoms with E-state index < -0.39 is 14.5 Å². The summed E-state index contributed by atoms with van der Waals surface area (Å²) in [6, 6.07) is 8.19. The minimum absolute atomic E-state index is 0.0419. The minimum atomic E-state index is -3.20. The van der Waals surface area contributed by atoms with E-state index in [4.69, 9.17) is 11.6 Å². The molecular formula is C16H21ClO2S. The van der Waals surface area contributed by atoms with Crippen LogP contribution in [0.1, 0.15) is 43.2 Å². The van der Waals surface area contributed by atoms with Crippen LogP contribution in [-0.4, -0.2) is 18.4 Å². The molecule has 5 atom stereocenters. The molecule has 2 fully saturated rings. The summed E-state index contributed by atoms with van der Waals surface area (Å²) in [5, 5.41) is -0.236. The van der Waals surface area contributed by atoms with E-state index in [2.05, 4.69) is 6.92 Å². The Labute approximate surface area is 126 Å². The SMILES string of the molecule is Cc1ccc(C2C3CCC(C)CC3S(=O)(=O)C2Cl)cc1. The Hall–Kier alpha value is -0.540. The molecule has 1 aliphatic carbocycles. The van der Waals surface area contributed by atoms with E-state index in [0.29, 0.717) is 5.92 Å². The maximum Gasteiger partial charge on any atom is 0.170 e. The summed E-state index contributed by atoms with van der Waals surface area (Å²) < 4.78 is 24.4. The molecule has 1 aromatic carbocycles. The molecule has 4 heteroatoms. The lowest BCUT2D eigenvalue weighted by molar-refractivity contribution is 0.280. The molecular weight excluding hydrogens is 292 g/mol. The molecule has 0 aromatic heterocycles. The largest absolute Gasteiger partial charge is 0.227 e. The Kier molecular flexibility index (Phi) is 3.62. The van der Waals surface area contributed by atoms with Gasteiger partial charge in [0.1, 0.15) is 4.71 Å². The van der Waals surface area contributed by atoms with Gasteiger partial charge in [-0.15, -0.1) is 11.6 Å². The second-order valence-corrected chi connectivity index (χ2v) is 9.52. The van der Waals surface area contributed by atoms with Gasteiger partial charge in [-0.25, -0.2) is 8.42 Å². The standard InChI is InChI=1S/C16H21ClO2S/c1-10-3-6-12(7-4-10)15-13-8-5-11(2)9-14(13)20(18,19)16(15)17/h3-4,6-7,11,13-16H,5,8-9H2,1-2H3. The number of hydrogen-bond donors (Lipinski definition) is 0. The molecule has 1 saturated carbocycles. The zero-order valence-electron chi connectivity index (χ0n) is 11.9. The van der Waals surface area contributed by atoms with E-state index >= 15 is 0 Å². The molecule has 3 rings (SSSR count). The van der Waals surface area contributed by atoms with Crippen molar-refractivity contribution in [2.45, 2.75) is 49.0 Å². The second-order valence-electron chi connectivity index (χ2n) is 6.50. The molecule has 1 saturated heterocycles. The van der Waals surface area contributed by atoms with Gasteiger partial charge in [-0.1, -0.05) is 43.2 Å². The summed E-state index contributed by atoms with van der Waals surface area (Å²) in [7, 11) is -3.20. The lowest BCUT2D eigenvalue weighted by Gasteiger charge is -2.31. The van der Waals surface area contributed by atoms with E-state index in [-0.39, 0.29) is 17.1 Å². The average molecular weight is 313 g/mol. The van der Waals surface area contributed by atoms with Crippen molar-refractivity contribution in [3.8, 4) is 0 Å². The molecule has 0 radical (unpaired) electrons. The summed E-state index contributed by atoms with van der Waals surface area (Å²) in [5.74, 6) is 0.646. The van der Waals surface area contributed by atoms with Gasteiger partial charge in [0, 0.05) is 5.92 Å². The smallest absolute Gasteiger partial charge is 0.170 e. The third-order valence-corrected chi connectivity index (χ3v) is 8.37. The molecule has 1 aromatic rings. The van der Waals surface area contributed by atoms with Crippen molar-refractivity contribution in [3.63, 3.8) is 0 Å². The summed E-state index contributed by atoms with van der Waals surface area (Å²) in [4.78, 5) is 0. The molecule has 1 heterocycles. The first kappa shape index (κ1) is 14.4. The number of benzene rings is 1. The highest BCUT2D eigenvalue weighted by molar-refractivity contribution is 7.94. The second kappa shape index (κ2) is 5.03. The lowest BCUT2D eigenvalue weighted by Crippen LogP contribution is -2.30. The van der Waals surface area contributed by atoms with Crippen molar-refractivity contribution in [2.24, 2.45) is 11.8 Å². The van der Waals surface area contributed by atoms with Gasteiger partial charge in [0.15, 0.2) is 9.84 Å².